The number of ether oxygens (including phenoxy) is 3. The van der Waals surface area contributed by atoms with E-state index >= 15 is 0 Å². The summed E-state index contributed by atoms with van der Waals surface area (Å²) in [6, 6.07) is 12.0. The summed E-state index contributed by atoms with van der Waals surface area (Å²) in [5.74, 6) is 2.27. The Labute approximate surface area is 184 Å². The molecule has 0 saturated carbocycles. The van der Waals surface area contributed by atoms with E-state index in [9.17, 15) is 4.79 Å². The van der Waals surface area contributed by atoms with Crippen molar-refractivity contribution in [2.24, 2.45) is 0 Å². The fraction of sp³-hybridized carbons (Fsp3) is 0.458. The predicted molar refractivity (Wildman–Crippen MR) is 121 cm³/mol. The number of benzene rings is 2. The Balaban J connectivity index is 1.95. The third-order valence-corrected chi connectivity index (χ3v) is 5.74. The molecule has 168 valence electrons. The Morgan fingerprint density at radius 1 is 1.10 bits per heavy atom. The van der Waals surface area contributed by atoms with Crippen LogP contribution in [0, 0.1) is 0 Å². The number of carbonyl (C=O) groups is 1. The second-order valence-corrected chi connectivity index (χ2v) is 7.71. The molecule has 31 heavy (non-hydrogen) atoms. The number of urea groups is 1. The van der Waals surface area contributed by atoms with E-state index in [-0.39, 0.29) is 18.1 Å². The molecule has 0 unspecified atom stereocenters. The van der Waals surface area contributed by atoms with Gasteiger partial charge in [-0.1, -0.05) is 12.1 Å². The van der Waals surface area contributed by atoms with E-state index in [1.807, 2.05) is 26.0 Å². The fourth-order valence-corrected chi connectivity index (χ4v) is 4.25. The molecule has 2 aromatic carbocycles. The van der Waals surface area contributed by atoms with E-state index in [4.69, 9.17) is 14.2 Å². The molecule has 0 radical (unpaired) electrons. The molecule has 0 spiro atoms. The number of nitrogens with zero attached hydrogens (tertiary/aromatic N) is 1. The van der Waals surface area contributed by atoms with Crippen molar-refractivity contribution in [2.75, 3.05) is 34.4 Å². The molecule has 0 aliphatic carbocycles. The SMILES string of the molecule is CCNC(=O)N[C@@H](C)[C@@H]1c2cc(OC)c(OC)cc2CCN1Cc1ccc(OC)cc1. The lowest BCUT2D eigenvalue weighted by Gasteiger charge is -2.41. The van der Waals surface area contributed by atoms with Crippen LogP contribution in [0.3, 0.4) is 0 Å². The van der Waals surface area contributed by atoms with Gasteiger partial charge in [0, 0.05) is 25.7 Å². The first-order chi connectivity index (χ1) is 15.0. The molecule has 0 bridgehead atoms. The molecule has 2 aromatic rings. The number of hydrogen-bond acceptors (Lipinski definition) is 5. The minimum Gasteiger partial charge on any atom is -0.497 e. The molecular weight excluding hydrogens is 394 g/mol. The van der Waals surface area contributed by atoms with Crippen molar-refractivity contribution in [1.82, 2.24) is 15.5 Å². The van der Waals surface area contributed by atoms with Crippen LogP contribution in [0.2, 0.25) is 0 Å². The number of amides is 2. The zero-order valence-corrected chi connectivity index (χ0v) is 19.0. The summed E-state index contributed by atoms with van der Waals surface area (Å²) in [6.07, 6.45) is 0.899. The molecular formula is C24H33N3O4. The maximum Gasteiger partial charge on any atom is 0.315 e. The maximum atomic E-state index is 12.3. The lowest BCUT2D eigenvalue weighted by atomic mass is 9.87. The molecule has 1 heterocycles. The molecule has 3 rings (SSSR count). The van der Waals surface area contributed by atoms with Crippen molar-refractivity contribution in [1.29, 1.82) is 0 Å². The summed E-state index contributed by atoms with van der Waals surface area (Å²) in [6.45, 7) is 6.19. The summed E-state index contributed by atoms with van der Waals surface area (Å²) < 4.78 is 16.4. The smallest absolute Gasteiger partial charge is 0.315 e. The monoisotopic (exact) mass is 427 g/mol. The van der Waals surface area contributed by atoms with Crippen molar-refractivity contribution < 1.29 is 19.0 Å². The lowest BCUT2D eigenvalue weighted by Crippen LogP contribution is -2.49. The van der Waals surface area contributed by atoms with E-state index in [1.165, 1.54) is 11.1 Å². The first-order valence-corrected chi connectivity index (χ1v) is 10.7. The summed E-state index contributed by atoms with van der Waals surface area (Å²) in [4.78, 5) is 14.7. The van der Waals surface area contributed by atoms with Gasteiger partial charge in [0.2, 0.25) is 0 Å². The Kier molecular flexibility index (Phi) is 7.63. The van der Waals surface area contributed by atoms with Gasteiger partial charge in [0.25, 0.3) is 0 Å². The number of nitrogens with one attached hydrogen (secondary N) is 2. The predicted octanol–water partition coefficient (Wildman–Crippen LogP) is 3.52. The zero-order valence-electron chi connectivity index (χ0n) is 19.0. The van der Waals surface area contributed by atoms with Gasteiger partial charge in [-0.2, -0.15) is 0 Å². The molecule has 0 aromatic heterocycles. The van der Waals surface area contributed by atoms with Gasteiger partial charge in [-0.05, 0) is 61.2 Å². The summed E-state index contributed by atoms with van der Waals surface area (Å²) in [7, 11) is 4.97. The van der Waals surface area contributed by atoms with Gasteiger partial charge in [0.1, 0.15) is 5.75 Å². The number of fused-ring (bicyclic) bond motifs is 1. The van der Waals surface area contributed by atoms with Gasteiger partial charge >= 0.3 is 6.03 Å². The van der Waals surface area contributed by atoms with Crippen molar-refractivity contribution >= 4 is 6.03 Å². The molecule has 7 nitrogen and oxygen atoms in total. The second-order valence-electron chi connectivity index (χ2n) is 7.71. The Morgan fingerprint density at radius 2 is 1.77 bits per heavy atom. The highest BCUT2D eigenvalue weighted by Crippen LogP contribution is 2.40. The van der Waals surface area contributed by atoms with Gasteiger partial charge in [-0.25, -0.2) is 4.79 Å². The molecule has 2 amide bonds. The van der Waals surface area contributed by atoms with Crippen LogP contribution in [0.1, 0.15) is 36.6 Å². The average Bonchev–Trinajstić information content (AvgIpc) is 2.78. The molecule has 2 N–H and O–H groups in total. The molecule has 7 heteroatoms. The fourth-order valence-electron chi connectivity index (χ4n) is 4.25. The van der Waals surface area contributed by atoms with Crippen LogP contribution in [0.15, 0.2) is 36.4 Å². The minimum absolute atomic E-state index is 0.00624. The zero-order chi connectivity index (χ0) is 22.4. The van der Waals surface area contributed by atoms with Crippen LogP contribution in [0.25, 0.3) is 0 Å². The van der Waals surface area contributed by atoms with Crippen LogP contribution < -0.4 is 24.8 Å². The molecule has 0 saturated heterocycles. The van der Waals surface area contributed by atoms with Crippen LogP contribution in [-0.4, -0.2) is 51.4 Å². The molecule has 2 atom stereocenters. The normalized spacial score (nSPS) is 16.7. The van der Waals surface area contributed by atoms with E-state index in [0.29, 0.717) is 12.3 Å². The minimum atomic E-state index is -0.160. The van der Waals surface area contributed by atoms with Crippen LogP contribution in [0.4, 0.5) is 4.79 Å². The Morgan fingerprint density at radius 3 is 2.39 bits per heavy atom. The van der Waals surface area contributed by atoms with Gasteiger partial charge in [0.15, 0.2) is 11.5 Å². The largest absolute Gasteiger partial charge is 0.497 e. The average molecular weight is 428 g/mol. The summed E-state index contributed by atoms with van der Waals surface area (Å²) >= 11 is 0. The van der Waals surface area contributed by atoms with Gasteiger partial charge in [0.05, 0.1) is 27.4 Å². The number of rotatable bonds is 8. The lowest BCUT2D eigenvalue weighted by molar-refractivity contribution is 0.143. The topological polar surface area (TPSA) is 72.1 Å². The van der Waals surface area contributed by atoms with Crippen LogP contribution in [0.5, 0.6) is 17.2 Å². The molecule has 1 aliphatic rings. The first kappa shape index (κ1) is 22.7. The maximum absolute atomic E-state index is 12.3. The first-order valence-electron chi connectivity index (χ1n) is 10.7. The Bertz CT molecular complexity index is 885. The van der Waals surface area contributed by atoms with Crippen LogP contribution in [-0.2, 0) is 13.0 Å². The van der Waals surface area contributed by atoms with Crippen LogP contribution >= 0.6 is 0 Å². The van der Waals surface area contributed by atoms with Gasteiger partial charge in [-0.3, -0.25) is 4.90 Å². The molecule has 0 fully saturated rings. The van der Waals surface area contributed by atoms with Crippen molar-refractivity contribution in [3.63, 3.8) is 0 Å². The quantitative estimate of drug-likeness (QED) is 0.675. The second kappa shape index (κ2) is 10.4. The van der Waals surface area contributed by atoms with E-state index < -0.39 is 0 Å². The van der Waals surface area contributed by atoms with Crippen molar-refractivity contribution in [3.05, 3.63) is 53.1 Å². The van der Waals surface area contributed by atoms with Gasteiger partial charge in [-0.15, -0.1) is 0 Å². The Hall–Kier alpha value is -2.93. The van der Waals surface area contributed by atoms with Crippen molar-refractivity contribution in [3.8, 4) is 17.2 Å². The van der Waals surface area contributed by atoms with Gasteiger partial charge < -0.3 is 24.8 Å². The van der Waals surface area contributed by atoms with E-state index in [0.717, 1.165) is 36.6 Å². The highest BCUT2D eigenvalue weighted by atomic mass is 16.5. The summed E-state index contributed by atoms with van der Waals surface area (Å²) in [5, 5.41) is 5.94. The highest BCUT2D eigenvalue weighted by molar-refractivity contribution is 5.74. The third kappa shape index (κ3) is 5.22. The van der Waals surface area contributed by atoms with Crippen molar-refractivity contribution in [2.45, 2.75) is 38.9 Å². The number of methoxy groups -OCH3 is 3. The highest BCUT2D eigenvalue weighted by Gasteiger charge is 2.33. The standard InChI is InChI=1S/C24H33N3O4/c1-6-25-24(28)26-16(2)23-20-14-22(31-5)21(30-4)13-18(20)11-12-27(23)15-17-7-9-19(29-3)10-8-17/h7-10,13-14,16,23H,6,11-12,15H2,1-5H3,(H2,25,26,28)/t16-,23+/m0/s1. The van der Waals surface area contributed by atoms with E-state index in [1.54, 1.807) is 21.3 Å². The third-order valence-electron chi connectivity index (χ3n) is 5.74. The van der Waals surface area contributed by atoms with E-state index in [2.05, 4.69) is 39.8 Å². The number of hydrogen-bond donors (Lipinski definition) is 2. The molecule has 1 aliphatic heterocycles. The number of carbonyl (C=O) groups excluding carboxylic acids is 1. The summed E-state index contributed by atoms with van der Waals surface area (Å²) in [5.41, 5.74) is 3.57.